The molecule has 0 radical (unpaired) electrons. The highest BCUT2D eigenvalue weighted by molar-refractivity contribution is 5.78. The average molecular weight is 248 g/mol. The molecule has 2 atom stereocenters. The summed E-state index contributed by atoms with van der Waals surface area (Å²) in [4.78, 5) is 11.1. The van der Waals surface area contributed by atoms with Gasteiger partial charge in [-0.05, 0) is 31.0 Å². The second-order valence-electron chi connectivity index (χ2n) is 4.71. The Hall–Kier alpha value is -1.55. The van der Waals surface area contributed by atoms with Crippen molar-refractivity contribution in [1.82, 2.24) is 10.6 Å². The Bertz CT molecular complexity index is 420. The Labute approximate surface area is 108 Å². The van der Waals surface area contributed by atoms with E-state index in [2.05, 4.69) is 23.6 Å². The Morgan fingerprint density at radius 1 is 1.56 bits per heavy atom. The van der Waals surface area contributed by atoms with Crippen molar-refractivity contribution in [2.45, 2.75) is 31.8 Å². The normalized spacial score (nSPS) is 20.6. The minimum absolute atomic E-state index is 0.163. The van der Waals surface area contributed by atoms with Crippen LogP contribution in [0.3, 0.4) is 0 Å². The van der Waals surface area contributed by atoms with Gasteiger partial charge in [0.15, 0.2) is 0 Å². The van der Waals surface area contributed by atoms with Crippen LogP contribution in [0.4, 0.5) is 0 Å². The molecule has 98 valence electrons. The van der Waals surface area contributed by atoms with Crippen molar-refractivity contribution in [1.29, 1.82) is 0 Å². The maximum atomic E-state index is 11.1. The summed E-state index contributed by atoms with van der Waals surface area (Å²) in [7, 11) is 1.67. The maximum absolute atomic E-state index is 11.1. The van der Waals surface area contributed by atoms with Crippen molar-refractivity contribution in [3.8, 4) is 5.75 Å². The summed E-state index contributed by atoms with van der Waals surface area (Å²) in [6.45, 7) is 2.93. The van der Waals surface area contributed by atoms with Crippen LogP contribution in [-0.4, -0.2) is 25.6 Å². The lowest BCUT2D eigenvalue weighted by atomic mass is 10.1. The van der Waals surface area contributed by atoms with Crippen molar-refractivity contribution >= 4 is 5.91 Å². The Balaban J connectivity index is 1.86. The van der Waals surface area contributed by atoms with Crippen molar-refractivity contribution in [3.63, 3.8) is 0 Å². The van der Waals surface area contributed by atoms with Gasteiger partial charge in [0.1, 0.15) is 5.75 Å². The van der Waals surface area contributed by atoms with Crippen molar-refractivity contribution < 1.29 is 9.53 Å². The third-order valence-electron chi connectivity index (χ3n) is 3.35. The smallest absolute Gasteiger partial charge is 0.220 e. The predicted octanol–water partition coefficient (Wildman–Crippen LogP) is 1.62. The van der Waals surface area contributed by atoms with E-state index in [9.17, 15) is 4.79 Å². The van der Waals surface area contributed by atoms with Crippen molar-refractivity contribution in [2.75, 3.05) is 13.7 Å². The summed E-state index contributed by atoms with van der Waals surface area (Å²) in [6.07, 6.45) is 1.58. The molecule has 1 amide bonds. The molecule has 1 saturated heterocycles. The van der Waals surface area contributed by atoms with Gasteiger partial charge in [-0.25, -0.2) is 0 Å². The number of nitrogens with one attached hydrogen (secondary N) is 2. The molecule has 1 aliphatic rings. The van der Waals surface area contributed by atoms with Crippen molar-refractivity contribution in [2.24, 2.45) is 0 Å². The molecule has 0 aliphatic carbocycles. The zero-order valence-electron chi connectivity index (χ0n) is 10.9. The van der Waals surface area contributed by atoms with Gasteiger partial charge in [-0.3, -0.25) is 4.79 Å². The number of hydrogen-bond donors (Lipinski definition) is 2. The number of benzene rings is 1. The number of carbonyl (C=O) groups is 1. The summed E-state index contributed by atoms with van der Waals surface area (Å²) in [5.41, 5.74) is 1.19. The molecular weight excluding hydrogens is 228 g/mol. The first-order valence-corrected chi connectivity index (χ1v) is 6.35. The van der Waals surface area contributed by atoms with E-state index < -0.39 is 0 Å². The summed E-state index contributed by atoms with van der Waals surface area (Å²) in [5, 5.41) is 6.40. The molecule has 0 bridgehead atoms. The number of carbonyl (C=O) groups excluding carboxylic acids is 1. The van der Waals surface area contributed by atoms with Crippen LogP contribution in [0.25, 0.3) is 0 Å². The van der Waals surface area contributed by atoms with Crippen LogP contribution in [0.1, 0.15) is 31.4 Å². The van der Waals surface area contributed by atoms with E-state index in [1.807, 2.05) is 18.2 Å². The van der Waals surface area contributed by atoms with Gasteiger partial charge in [-0.2, -0.15) is 0 Å². The molecule has 4 nitrogen and oxygen atoms in total. The average Bonchev–Trinajstić information content (AvgIpc) is 2.82. The summed E-state index contributed by atoms with van der Waals surface area (Å²) < 4.78 is 5.21. The van der Waals surface area contributed by atoms with Crippen LogP contribution in [0.2, 0.25) is 0 Å². The zero-order chi connectivity index (χ0) is 13.0. The fourth-order valence-electron chi connectivity index (χ4n) is 2.18. The van der Waals surface area contributed by atoms with Crippen molar-refractivity contribution in [3.05, 3.63) is 29.8 Å². The minimum Gasteiger partial charge on any atom is -0.497 e. The quantitative estimate of drug-likeness (QED) is 0.832. The standard InChI is InChI=1S/C14H20N2O2/c1-10(11-4-3-5-13(8-11)18-2)15-9-12-6-7-14(17)16-12/h3-5,8,10,12,15H,6-7,9H2,1-2H3,(H,16,17)/t10-,12?/m0/s1. The third kappa shape index (κ3) is 3.23. The van der Waals surface area contributed by atoms with Gasteiger partial charge in [-0.1, -0.05) is 12.1 Å². The third-order valence-corrected chi connectivity index (χ3v) is 3.35. The van der Waals surface area contributed by atoms with Gasteiger partial charge < -0.3 is 15.4 Å². The highest BCUT2D eigenvalue weighted by Gasteiger charge is 2.20. The second-order valence-corrected chi connectivity index (χ2v) is 4.71. The molecule has 1 aromatic carbocycles. The molecule has 1 fully saturated rings. The highest BCUT2D eigenvalue weighted by Crippen LogP contribution is 2.19. The molecule has 0 aromatic heterocycles. The van der Waals surface area contributed by atoms with Crippen LogP contribution in [0.15, 0.2) is 24.3 Å². The molecule has 2 N–H and O–H groups in total. The predicted molar refractivity (Wildman–Crippen MR) is 70.6 cm³/mol. The largest absolute Gasteiger partial charge is 0.497 e. The first-order valence-electron chi connectivity index (χ1n) is 6.35. The van der Waals surface area contributed by atoms with Crippen LogP contribution in [0, 0.1) is 0 Å². The molecule has 4 heteroatoms. The van der Waals surface area contributed by atoms with E-state index in [1.165, 1.54) is 5.56 Å². The molecule has 18 heavy (non-hydrogen) atoms. The molecular formula is C14H20N2O2. The van der Waals surface area contributed by atoms with E-state index in [4.69, 9.17) is 4.74 Å². The van der Waals surface area contributed by atoms with E-state index in [1.54, 1.807) is 7.11 Å². The zero-order valence-corrected chi connectivity index (χ0v) is 10.9. The molecule has 2 rings (SSSR count). The number of ether oxygens (including phenoxy) is 1. The van der Waals surface area contributed by atoms with E-state index in [0.717, 1.165) is 18.7 Å². The van der Waals surface area contributed by atoms with E-state index >= 15 is 0 Å². The molecule has 1 heterocycles. The molecule has 0 saturated carbocycles. The SMILES string of the molecule is COc1cccc([C@H](C)NCC2CCC(=O)N2)c1. The summed E-state index contributed by atoms with van der Waals surface area (Å²) >= 11 is 0. The van der Waals surface area contributed by atoms with Gasteiger partial charge in [0.05, 0.1) is 7.11 Å². The Kier molecular flexibility index (Phi) is 4.20. The lowest BCUT2D eigenvalue weighted by molar-refractivity contribution is -0.119. The Morgan fingerprint density at radius 2 is 2.39 bits per heavy atom. The summed E-state index contributed by atoms with van der Waals surface area (Å²) in [6, 6.07) is 8.55. The number of methoxy groups -OCH3 is 1. The van der Waals surface area contributed by atoms with E-state index in [-0.39, 0.29) is 18.0 Å². The van der Waals surface area contributed by atoms with Gasteiger partial charge in [0.2, 0.25) is 5.91 Å². The van der Waals surface area contributed by atoms with Gasteiger partial charge >= 0.3 is 0 Å². The van der Waals surface area contributed by atoms with Crippen LogP contribution >= 0.6 is 0 Å². The number of rotatable bonds is 5. The number of hydrogen-bond acceptors (Lipinski definition) is 3. The molecule has 1 aliphatic heterocycles. The maximum Gasteiger partial charge on any atom is 0.220 e. The first kappa shape index (κ1) is 12.9. The summed E-state index contributed by atoms with van der Waals surface area (Å²) in [5.74, 6) is 1.03. The lowest BCUT2D eigenvalue weighted by Crippen LogP contribution is -2.36. The Morgan fingerprint density at radius 3 is 3.06 bits per heavy atom. The van der Waals surface area contributed by atoms with Gasteiger partial charge in [0.25, 0.3) is 0 Å². The van der Waals surface area contributed by atoms with E-state index in [0.29, 0.717) is 6.42 Å². The fourth-order valence-corrected chi connectivity index (χ4v) is 2.18. The molecule has 1 unspecified atom stereocenters. The lowest BCUT2D eigenvalue weighted by Gasteiger charge is -2.18. The highest BCUT2D eigenvalue weighted by atomic mass is 16.5. The van der Waals surface area contributed by atoms with Gasteiger partial charge in [-0.15, -0.1) is 0 Å². The monoisotopic (exact) mass is 248 g/mol. The molecule has 1 aromatic rings. The van der Waals surface area contributed by atoms with Gasteiger partial charge in [0, 0.05) is 25.0 Å². The first-order chi connectivity index (χ1) is 8.69. The minimum atomic E-state index is 0.163. The fraction of sp³-hybridized carbons (Fsp3) is 0.500. The molecule has 0 spiro atoms. The van der Waals surface area contributed by atoms with Crippen LogP contribution < -0.4 is 15.4 Å². The van der Waals surface area contributed by atoms with Crippen LogP contribution in [0.5, 0.6) is 5.75 Å². The second kappa shape index (κ2) is 5.87. The topological polar surface area (TPSA) is 50.4 Å². The van der Waals surface area contributed by atoms with Crippen LogP contribution in [-0.2, 0) is 4.79 Å². The number of amides is 1.